The van der Waals surface area contributed by atoms with E-state index < -0.39 is 17.1 Å². The number of hydrogen-bond acceptors (Lipinski definition) is 9. The van der Waals surface area contributed by atoms with Crippen molar-refractivity contribution < 1.29 is 23.8 Å². The zero-order valence-corrected chi connectivity index (χ0v) is 25.6. The van der Waals surface area contributed by atoms with Gasteiger partial charge < -0.3 is 19.5 Å². The van der Waals surface area contributed by atoms with Gasteiger partial charge in [0.05, 0.1) is 31.0 Å². The summed E-state index contributed by atoms with van der Waals surface area (Å²) in [6, 6.07) is 4.19. The average molecular weight is 617 g/mol. The number of likely N-dealkylation sites (N-methyl/N-ethyl adjacent to an activating group) is 1. The second kappa shape index (κ2) is 14.5. The van der Waals surface area contributed by atoms with Crippen molar-refractivity contribution in [3.05, 3.63) is 68.4 Å². The Hall–Kier alpha value is -3.88. The molecule has 0 bridgehead atoms. The summed E-state index contributed by atoms with van der Waals surface area (Å²) in [6.07, 6.45) is 5.61. The van der Waals surface area contributed by atoms with Crippen LogP contribution in [-0.2, 0) is 29.0 Å². The van der Waals surface area contributed by atoms with E-state index in [4.69, 9.17) is 14.6 Å². The van der Waals surface area contributed by atoms with Crippen molar-refractivity contribution in [1.82, 2.24) is 29.0 Å². The number of aliphatic hydroxyl groups excluding tert-OH is 1. The number of methoxy groups -OCH3 is 1. The molecule has 43 heavy (non-hydrogen) atoms. The van der Waals surface area contributed by atoms with Crippen molar-refractivity contribution in [1.29, 1.82) is 0 Å². The van der Waals surface area contributed by atoms with Gasteiger partial charge in [-0.15, -0.1) is 4.80 Å². The second-order valence-electron chi connectivity index (χ2n) is 10.2. The summed E-state index contributed by atoms with van der Waals surface area (Å²) in [5, 5.41) is 18.1. The number of halogens is 1. The Morgan fingerprint density at radius 3 is 2.51 bits per heavy atom. The molecule has 5 rings (SSSR count). The van der Waals surface area contributed by atoms with Crippen molar-refractivity contribution in [2.75, 3.05) is 33.9 Å². The summed E-state index contributed by atoms with van der Waals surface area (Å²) < 4.78 is 26.7. The van der Waals surface area contributed by atoms with Gasteiger partial charge in [0.1, 0.15) is 27.9 Å². The van der Waals surface area contributed by atoms with E-state index in [2.05, 4.69) is 10.2 Å². The quantitative estimate of drug-likeness (QED) is 0.303. The molecule has 1 N–H and O–H groups in total. The summed E-state index contributed by atoms with van der Waals surface area (Å²) in [7, 11) is 3.13. The van der Waals surface area contributed by atoms with Gasteiger partial charge in [-0.2, -0.15) is 10.2 Å². The number of aryl methyl sites for hydroxylation is 3. The third-order valence-corrected chi connectivity index (χ3v) is 8.47. The smallest absolute Gasteiger partial charge is 0.332 e. The number of ether oxygens (including phenoxy) is 2. The first-order valence-electron chi connectivity index (χ1n) is 14.1. The number of amides is 1. The largest absolute Gasteiger partial charge is 0.496 e. The van der Waals surface area contributed by atoms with Gasteiger partial charge in [0, 0.05) is 38.9 Å². The highest BCUT2D eigenvalue weighted by Crippen LogP contribution is 2.30. The third-order valence-electron chi connectivity index (χ3n) is 7.19. The average Bonchev–Trinajstić information content (AvgIpc) is 3.64. The molecule has 1 amide bonds. The van der Waals surface area contributed by atoms with Crippen molar-refractivity contribution in [2.24, 2.45) is 0 Å². The fraction of sp³-hybridized carbons (Fsp3) is 0.483. The first kappa shape index (κ1) is 32.0. The summed E-state index contributed by atoms with van der Waals surface area (Å²) in [4.78, 5) is 43.2. The number of carbonyl (C=O) groups is 1. The van der Waals surface area contributed by atoms with Crippen molar-refractivity contribution in [3.8, 4) is 10.8 Å². The maximum absolute atomic E-state index is 13.9. The number of thiophene rings is 1. The minimum atomic E-state index is -0.609. The zero-order valence-electron chi connectivity index (χ0n) is 24.8. The molecular weight excluding hydrogens is 579 g/mol. The van der Waals surface area contributed by atoms with Crippen LogP contribution in [0.2, 0.25) is 0 Å². The van der Waals surface area contributed by atoms with E-state index in [0.717, 1.165) is 37.0 Å². The predicted molar refractivity (Wildman–Crippen MR) is 161 cm³/mol. The number of benzene rings is 1. The van der Waals surface area contributed by atoms with E-state index in [0.29, 0.717) is 38.6 Å². The first-order valence-corrected chi connectivity index (χ1v) is 14.9. The molecule has 232 valence electrons. The zero-order chi connectivity index (χ0) is 31.1. The van der Waals surface area contributed by atoms with Gasteiger partial charge in [-0.1, -0.05) is 18.3 Å². The Morgan fingerprint density at radius 2 is 1.91 bits per heavy atom. The third kappa shape index (κ3) is 7.37. The molecule has 1 fully saturated rings. The highest BCUT2D eigenvalue weighted by atomic mass is 32.1. The Balaban J connectivity index is 0.000000530. The SMILES string of the molecule is CCCN(C)C(=O)Cn1c(=O)c2c(C)c(-n3nccn3)sc2n(CCc2cc(F)ccc2OC)c1=O.OC1CCOCC1. The van der Waals surface area contributed by atoms with Crippen LogP contribution in [0.3, 0.4) is 0 Å². The molecule has 0 unspecified atom stereocenters. The van der Waals surface area contributed by atoms with E-state index in [1.807, 2.05) is 6.92 Å². The summed E-state index contributed by atoms with van der Waals surface area (Å²) >= 11 is 1.21. The molecule has 0 aliphatic carbocycles. The van der Waals surface area contributed by atoms with Gasteiger partial charge in [-0.05, 0) is 56.4 Å². The van der Waals surface area contributed by atoms with Gasteiger partial charge >= 0.3 is 5.69 Å². The molecule has 0 saturated carbocycles. The Labute approximate surface area is 251 Å². The molecule has 4 heterocycles. The van der Waals surface area contributed by atoms with Gasteiger partial charge in [0.25, 0.3) is 5.56 Å². The normalized spacial score (nSPS) is 13.5. The molecule has 12 nitrogen and oxygen atoms in total. The lowest BCUT2D eigenvalue weighted by atomic mass is 10.1. The van der Waals surface area contributed by atoms with Crippen LogP contribution in [0, 0.1) is 12.7 Å². The van der Waals surface area contributed by atoms with Crippen LogP contribution >= 0.6 is 11.3 Å². The summed E-state index contributed by atoms with van der Waals surface area (Å²) in [6.45, 7) is 5.45. The maximum atomic E-state index is 13.9. The lowest BCUT2D eigenvalue weighted by Gasteiger charge is -2.18. The minimum Gasteiger partial charge on any atom is -0.496 e. The molecule has 0 atom stereocenters. The van der Waals surface area contributed by atoms with Crippen LogP contribution in [0.1, 0.15) is 37.3 Å². The number of aromatic nitrogens is 5. The molecule has 0 radical (unpaired) electrons. The number of carbonyl (C=O) groups excluding carboxylic acids is 1. The lowest BCUT2D eigenvalue weighted by molar-refractivity contribution is -0.130. The van der Waals surface area contributed by atoms with E-state index >= 15 is 0 Å². The molecule has 1 aliphatic heterocycles. The van der Waals surface area contributed by atoms with Gasteiger partial charge in [-0.25, -0.2) is 9.18 Å². The predicted octanol–water partition coefficient (Wildman–Crippen LogP) is 2.53. The van der Waals surface area contributed by atoms with E-state index in [9.17, 15) is 18.8 Å². The van der Waals surface area contributed by atoms with Gasteiger partial charge in [0.15, 0.2) is 0 Å². The van der Waals surface area contributed by atoms with E-state index in [1.165, 1.54) is 63.3 Å². The Bertz CT molecular complexity index is 1660. The van der Waals surface area contributed by atoms with E-state index in [1.54, 1.807) is 14.0 Å². The fourth-order valence-corrected chi connectivity index (χ4v) is 6.04. The molecular formula is C29H37FN6O6S. The van der Waals surface area contributed by atoms with Crippen LogP contribution < -0.4 is 16.0 Å². The Morgan fingerprint density at radius 1 is 1.21 bits per heavy atom. The highest BCUT2D eigenvalue weighted by Gasteiger charge is 2.23. The second-order valence-corrected chi connectivity index (χ2v) is 11.2. The number of aliphatic hydroxyl groups is 1. The molecule has 0 spiro atoms. The van der Waals surface area contributed by atoms with Crippen molar-refractivity contribution >= 4 is 27.5 Å². The van der Waals surface area contributed by atoms with Crippen LogP contribution in [0.5, 0.6) is 5.75 Å². The van der Waals surface area contributed by atoms with Gasteiger partial charge in [0.2, 0.25) is 5.91 Å². The lowest BCUT2D eigenvalue weighted by Crippen LogP contribution is -2.44. The van der Waals surface area contributed by atoms with Crippen LogP contribution in [0.15, 0.2) is 40.2 Å². The van der Waals surface area contributed by atoms with Crippen LogP contribution in [-0.4, -0.2) is 80.1 Å². The number of rotatable bonds is 9. The highest BCUT2D eigenvalue weighted by molar-refractivity contribution is 7.21. The number of nitrogens with zero attached hydrogens (tertiary/aromatic N) is 6. The molecule has 1 saturated heterocycles. The van der Waals surface area contributed by atoms with Gasteiger partial charge in [-0.3, -0.25) is 18.7 Å². The molecule has 1 aromatic carbocycles. The van der Waals surface area contributed by atoms with Crippen molar-refractivity contribution in [3.63, 3.8) is 0 Å². The minimum absolute atomic E-state index is 0.0891. The first-order chi connectivity index (χ1) is 20.7. The fourth-order valence-electron chi connectivity index (χ4n) is 4.81. The summed E-state index contributed by atoms with van der Waals surface area (Å²) in [5.41, 5.74) is 0.0371. The molecule has 14 heteroatoms. The van der Waals surface area contributed by atoms with Crippen LogP contribution in [0.4, 0.5) is 4.39 Å². The monoisotopic (exact) mass is 616 g/mol. The Kier molecular flexibility index (Phi) is 10.8. The topological polar surface area (TPSA) is 134 Å². The molecule has 1 aliphatic rings. The summed E-state index contributed by atoms with van der Waals surface area (Å²) in [5.74, 6) is -0.262. The maximum Gasteiger partial charge on any atom is 0.332 e. The standard InChI is InChI=1S/C24H27FN6O4S.C5H10O2/c1-5-11-28(3)19(32)14-30-21(33)20-15(2)22(31-26-9-10-27-31)36-23(20)29(24(30)34)12-8-16-13-17(25)6-7-18(16)35-4;6-5-1-3-7-4-2-5/h6-7,9-10,13H,5,8,11-12,14H2,1-4H3;5-6H,1-4H2. The number of fused-ring (bicyclic) bond motifs is 1. The number of hydrogen-bond donors (Lipinski definition) is 1. The van der Waals surface area contributed by atoms with E-state index in [-0.39, 0.29) is 31.5 Å². The van der Waals surface area contributed by atoms with Crippen molar-refractivity contribution in [2.45, 2.75) is 58.7 Å². The molecule has 4 aromatic rings. The van der Waals surface area contributed by atoms with Crippen LogP contribution in [0.25, 0.3) is 15.2 Å². The molecule has 3 aromatic heterocycles.